The highest BCUT2D eigenvalue weighted by Gasteiger charge is 2.25. The molecule has 76 valence electrons. The molecule has 0 amide bonds. The maximum atomic E-state index is 9.26. The molecule has 1 unspecified atom stereocenters. The normalized spacial score (nSPS) is 19.1. The Morgan fingerprint density at radius 2 is 2.20 bits per heavy atom. The predicted octanol–water partition coefficient (Wildman–Crippen LogP) is 2.93. The minimum absolute atomic E-state index is 0.152. The number of aromatic nitrogens is 1. The Bertz CT molecular complexity index is 492. The van der Waals surface area contributed by atoms with Crippen molar-refractivity contribution in [1.82, 2.24) is 4.98 Å². The minimum atomic E-state index is 0.152. The van der Waals surface area contributed by atoms with Gasteiger partial charge in [-0.15, -0.1) is 11.3 Å². The fourth-order valence-electron chi connectivity index (χ4n) is 2.25. The topological polar surface area (TPSA) is 33.1 Å². The van der Waals surface area contributed by atoms with Gasteiger partial charge in [-0.05, 0) is 24.0 Å². The zero-order valence-electron chi connectivity index (χ0n) is 8.18. The van der Waals surface area contributed by atoms with Crippen molar-refractivity contribution in [1.29, 1.82) is 0 Å². The van der Waals surface area contributed by atoms with Gasteiger partial charge in [0.2, 0.25) is 5.88 Å². The average Bonchev–Trinajstić information content (AvgIpc) is 2.83. The van der Waals surface area contributed by atoms with Gasteiger partial charge in [-0.2, -0.15) is 0 Å². The van der Waals surface area contributed by atoms with E-state index in [4.69, 9.17) is 0 Å². The summed E-state index contributed by atoms with van der Waals surface area (Å²) in [7, 11) is 0. The van der Waals surface area contributed by atoms with Gasteiger partial charge < -0.3 is 5.11 Å². The quantitative estimate of drug-likeness (QED) is 0.796. The van der Waals surface area contributed by atoms with Crippen LogP contribution in [0.4, 0.5) is 0 Å². The van der Waals surface area contributed by atoms with E-state index in [0.717, 1.165) is 17.8 Å². The summed E-state index contributed by atoms with van der Waals surface area (Å²) in [6.45, 7) is 0. The number of rotatable bonds is 1. The average molecular weight is 217 g/mol. The molecule has 15 heavy (non-hydrogen) atoms. The second kappa shape index (κ2) is 3.35. The molecule has 0 radical (unpaired) electrons. The van der Waals surface area contributed by atoms with Crippen LogP contribution in [0.3, 0.4) is 0 Å². The lowest BCUT2D eigenvalue weighted by Crippen LogP contribution is -1.94. The molecule has 1 N–H and O–H groups in total. The van der Waals surface area contributed by atoms with Crippen molar-refractivity contribution in [3.05, 3.63) is 45.8 Å². The highest BCUT2D eigenvalue weighted by atomic mass is 32.1. The molecule has 2 nitrogen and oxygen atoms in total. The van der Waals surface area contributed by atoms with Crippen molar-refractivity contribution in [2.24, 2.45) is 0 Å². The lowest BCUT2D eigenvalue weighted by atomic mass is 10.0. The molecular weight excluding hydrogens is 206 g/mol. The third-order valence-electron chi connectivity index (χ3n) is 2.94. The van der Waals surface area contributed by atoms with Gasteiger partial charge in [-0.1, -0.05) is 24.3 Å². The van der Waals surface area contributed by atoms with Crippen molar-refractivity contribution in [3.8, 4) is 5.88 Å². The molecule has 0 fully saturated rings. The fourth-order valence-corrected chi connectivity index (χ4v) is 3.09. The van der Waals surface area contributed by atoms with Gasteiger partial charge in [0.1, 0.15) is 5.01 Å². The predicted molar refractivity (Wildman–Crippen MR) is 60.4 cm³/mol. The first-order chi connectivity index (χ1) is 7.34. The Balaban J connectivity index is 2.04. The summed E-state index contributed by atoms with van der Waals surface area (Å²) in [5.74, 6) is 0.548. The molecule has 1 aromatic carbocycles. The number of benzene rings is 1. The van der Waals surface area contributed by atoms with Crippen molar-refractivity contribution in [3.63, 3.8) is 0 Å². The van der Waals surface area contributed by atoms with Gasteiger partial charge in [0, 0.05) is 5.92 Å². The Morgan fingerprint density at radius 3 is 3.00 bits per heavy atom. The monoisotopic (exact) mass is 217 g/mol. The van der Waals surface area contributed by atoms with Gasteiger partial charge in [0.25, 0.3) is 0 Å². The number of thiazole rings is 1. The lowest BCUT2D eigenvalue weighted by molar-refractivity contribution is 0.455. The first-order valence-electron chi connectivity index (χ1n) is 5.07. The third kappa shape index (κ3) is 1.43. The Hall–Kier alpha value is -1.35. The molecule has 1 atom stereocenters. The van der Waals surface area contributed by atoms with Crippen molar-refractivity contribution in [2.45, 2.75) is 18.8 Å². The van der Waals surface area contributed by atoms with Crippen LogP contribution in [-0.2, 0) is 6.42 Å². The molecule has 1 heterocycles. The number of hydrogen-bond donors (Lipinski definition) is 1. The van der Waals surface area contributed by atoms with Crippen molar-refractivity contribution >= 4 is 11.3 Å². The van der Waals surface area contributed by atoms with Crippen LogP contribution in [0.15, 0.2) is 29.6 Å². The molecule has 1 aliphatic carbocycles. The molecule has 1 aromatic heterocycles. The van der Waals surface area contributed by atoms with Crippen LogP contribution in [0.2, 0.25) is 0 Å². The summed E-state index contributed by atoms with van der Waals surface area (Å²) in [4.78, 5) is 4.17. The molecule has 0 saturated heterocycles. The lowest BCUT2D eigenvalue weighted by Gasteiger charge is -2.06. The highest BCUT2D eigenvalue weighted by molar-refractivity contribution is 7.09. The third-order valence-corrected chi connectivity index (χ3v) is 3.89. The maximum absolute atomic E-state index is 9.26. The SMILES string of the molecule is Oc1csc(C2CCc3ccccc32)n1. The standard InChI is InChI=1S/C12H11NOS/c14-11-7-15-12(13-11)10-6-5-8-3-1-2-4-9(8)10/h1-4,7,10,14H,5-6H2. The van der Waals surface area contributed by atoms with E-state index >= 15 is 0 Å². The largest absolute Gasteiger partial charge is 0.493 e. The number of aromatic hydroxyl groups is 1. The zero-order chi connectivity index (χ0) is 10.3. The Morgan fingerprint density at radius 1 is 1.33 bits per heavy atom. The first-order valence-corrected chi connectivity index (χ1v) is 5.95. The van der Waals surface area contributed by atoms with E-state index in [1.807, 2.05) is 0 Å². The summed E-state index contributed by atoms with van der Waals surface area (Å²) in [5, 5.41) is 12.0. The van der Waals surface area contributed by atoms with Crippen LogP contribution >= 0.6 is 11.3 Å². The van der Waals surface area contributed by atoms with Crippen LogP contribution < -0.4 is 0 Å². The Kier molecular flexibility index (Phi) is 1.99. The van der Waals surface area contributed by atoms with E-state index in [2.05, 4.69) is 29.2 Å². The molecular formula is C12H11NOS. The molecule has 0 aliphatic heterocycles. The summed E-state index contributed by atoms with van der Waals surface area (Å²) in [6, 6.07) is 8.51. The summed E-state index contributed by atoms with van der Waals surface area (Å²) < 4.78 is 0. The van der Waals surface area contributed by atoms with Crippen LogP contribution in [0.5, 0.6) is 5.88 Å². The number of hydrogen-bond acceptors (Lipinski definition) is 3. The molecule has 0 spiro atoms. The van der Waals surface area contributed by atoms with E-state index in [-0.39, 0.29) is 5.88 Å². The molecule has 2 aromatic rings. The second-order valence-electron chi connectivity index (χ2n) is 3.83. The van der Waals surface area contributed by atoms with Crippen LogP contribution in [0.1, 0.15) is 28.5 Å². The van der Waals surface area contributed by atoms with E-state index < -0.39 is 0 Å². The second-order valence-corrected chi connectivity index (χ2v) is 4.72. The van der Waals surface area contributed by atoms with Crippen molar-refractivity contribution in [2.75, 3.05) is 0 Å². The number of aryl methyl sites for hydroxylation is 1. The zero-order valence-corrected chi connectivity index (χ0v) is 9.00. The van der Waals surface area contributed by atoms with Crippen LogP contribution in [-0.4, -0.2) is 10.1 Å². The number of fused-ring (bicyclic) bond motifs is 1. The summed E-state index contributed by atoms with van der Waals surface area (Å²) in [5.41, 5.74) is 2.81. The van der Waals surface area contributed by atoms with Gasteiger partial charge in [-0.3, -0.25) is 0 Å². The molecule has 3 heteroatoms. The summed E-state index contributed by atoms with van der Waals surface area (Å²) >= 11 is 1.55. The maximum Gasteiger partial charge on any atom is 0.222 e. The van der Waals surface area contributed by atoms with Gasteiger partial charge in [0.15, 0.2) is 0 Å². The number of nitrogens with zero attached hydrogens (tertiary/aromatic N) is 1. The molecule has 3 rings (SSSR count). The Labute approximate surface area is 92.2 Å². The van der Waals surface area contributed by atoms with Crippen LogP contribution in [0, 0.1) is 0 Å². The summed E-state index contributed by atoms with van der Waals surface area (Å²) in [6.07, 6.45) is 2.24. The van der Waals surface area contributed by atoms with Crippen LogP contribution in [0.25, 0.3) is 0 Å². The van der Waals surface area contributed by atoms with E-state index in [1.54, 1.807) is 16.7 Å². The fraction of sp³-hybridized carbons (Fsp3) is 0.250. The molecule has 1 aliphatic rings. The minimum Gasteiger partial charge on any atom is -0.493 e. The van der Waals surface area contributed by atoms with E-state index in [0.29, 0.717) is 5.92 Å². The van der Waals surface area contributed by atoms with Gasteiger partial charge in [0.05, 0.1) is 5.38 Å². The highest BCUT2D eigenvalue weighted by Crippen LogP contribution is 2.39. The smallest absolute Gasteiger partial charge is 0.222 e. The van der Waals surface area contributed by atoms with E-state index in [9.17, 15) is 5.11 Å². The van der Waals surface area contributed by atoms with Gasteiger partial charge in [-0.25, -0.2) is 4.98 Å². The molecule has 0 saturated carbocycles. The van der Waals surface area contributed by atoms with E-state index in [1.165, 1.54) is 11.1 Å². The van der Waals surface area contributed by atoms with Gasteiger partial charge >= 0.3 is 0 Å². The van der Waals surface area contributed by atoms with Crippen molar-refractivity contribution < 1.29 is 5.11 Å². The first kappa shape index (κ1) is 8.92. The molecule has 0 bridgehead atoms.